The Kier molecular flexibility index (Phi) is 5.25. The summed E-state index contributed by atoms with van der Waals surface area (Å²) >= 11 is 1.51. The van der Waals surface area contributed by atoms with E-state index in [9.17, 15) is 14.4 Å². The van der Waals surface area contributed by atoms with E-state index >= 15 is 0 Å². The minimum atomic E-state index is -1.31. The van der Waals surface area contributed by atoms with E-state index < -0.39 is 30.2 Å². The smallest absolute Gasteiger partial charge is 0.326 e. The largest absolute Gasteiger partial charge is 0.480 e. The second-order valence-electron chi connectivity index (χ2n) is 3.85. The van der Waals surface area contributed by atoms with Crippen LogP contribution in [0.15, 0.2) is 18.2 Å². The normalized spacial score (nSPS) is 12.3. The Bertz CT molecular complexity index is 522. The van der Waals surface area contributed by atoms with Crippen molar-refractivity contribution < 1.29 is 19.5 Å². The van der Waals surface area contributed by atoms with Crippen LogP contribution in [-0.4, -0.2) is 28.9 Å². The molecular weight excluding hydrogens is 268 g/mol. The first kappa shape index (κ1) is 14.9. The summed E-state index contributed by atoms with van der Waals surface area (Å²) in [5.74, 6) is -2.67. The van der Waals surface area contributed by atoms with Gasteiger partial charge in [0.15, 0.2) is 0 Å². The molecule has 0 fully saturated rings. The third kappa shape index (κ3) is 5.35. The van der Waals surface area contributed by atoms with Crippen LogP contribution in [0.2, 0.25) is 0 Å². The molecule has 0 saturated heterocycles. The molecule has 0 aliphatic carbocycles. The molecule has 0 radical (unpaired) electrons. The number of nitrogens with one attached hydrogen (secondary N) is 1. The molecule has 1 aromatic heterocycles. The van der Waals surface area contributed by atoms with Crippen LogP contribution >= 0.6 is 11.3 Å². The number of thiophene rings is 1. The summed E-state index contributed by atoms with van der Waals surface area (Å²) in [6.07, 6.45) is 2.37. The summed E-state index contributed by atoms with van der Waals surface area (Å²) in [5, 5.41) is 11.0. The molecule has 0 aliphatic heterocycles. The summed E-state index contributed by atoms with van der Waals surface area (Å²) in [6, 6.07) is 2.46. The van der Waals surface area contributed by atoms with Crippen LogP contribution < -0.4 is 11.1 Å². The molecular formula is C12H14N2O4S. The number of carbonyl (C=O) groups is 3. The fourth-order valence-corrected chi connectivity index (χ4v) is 2.10. The van der Waals surface area contributed by atoms with Gasteiger partial charge in [-0.1, -0.05) is 0 Å². The van der Waals surface area contributed by atoms with Gasteiger partial charge in [0.05, 0.1) is 6.42 Å². The van der Waals surface area contributed by atoms with E-state index in [1.54, 1.807) is 6.08 Å². The maximum atomic E-state index is 11.5. The van der Waals surface area contributed by atoms with Crippen molar-refractivity contribution in [3.8, 4) is 0 Å². The first-order valence-corrected chi connectivity index (χ1v) is 6.26. The molecule has 1 atom stereocenters. The van der Waals surface area contributed by atoms with E-state index in [1.165, 1.54) is 17.4 Å². The molecule has 1 heterocycles. The Morgan fingerprint density at radius 3 is 2.63 bits per heavy atom. The molecule has 0 spiro atoms. The molecule has 0 aliphatic rings. The van der Waals surface area contributed by atoms with Gasteiger partial charge in [-0.25, -0.2) is 4.79 Å². The van der Waals surface area contributed by atoms with Crippen LogP contribution in [0.3, 0.4) is 0 Å². The lowest BCUT2D eigenvalue weighted by molar-refractivity contribution is -0.142. The predicted molar refractivity (Wildman–Crippen MR) is 71.5 cm³/mol. The number of hydrogen-bond donors (Lipinski definition) is 3. The first-order chi connectivity index (χ1) is 8.88. The van der Waals surface area contributed by atoms with Crippen molar-refractivity contribution in [2.75, 3.05) is 0 Å². The minimum absolute atomic E-state index is 0.437. The van der Waals surface area contributed by atoms with E-state index in [1.807, 2.05) is 19.1 Å². The summed E-state index contributed by atoms with van der Waals surface area (Å²) in [7, 11) is 0. The van der Waals surface area contributed by atoms with Gasteiger partial charge in [0, 0.05) is 15.8 Å². The van der Waals surface area contributed by atoms with Gasteiger partial charge in [0.2, 0.25) is 11.8 Å². The molecule has 1 aromatic rings. The lowest BCUT2D eigenvalue weighted by atomic mass is 10.2. The Morgan fingerprint density at radius 1 is 1.47 bits per heavy atom. The third-order valence-electron chi connectivity index (χ3n) is 2.18. The average Bonchev–Trinajstić information content (AvgIpc) is 2.71. The molecule has 19 heavy (non-hydrogen) atoms. The predicted octanol–water partition coefficient (Wildman–Crippen LogP) is 0.515. The third-order valence-corrected chi connectivity index (χ3v) is 3.15. The van der Waals surface area contributed by atoms with Gasteiger partial charge in [-0.05, 0) is 25.1 Å². The number of hydrogen-bond acceptors (Lipinski definition) is 4. The van der Waals surface area contributed by atoms with Gasteiger partial charge < -0.3 is 16.2 Å². The monoisotopic (exact) mass is 282 g/mol. The van der Waals surface area contributed by atoms with Crippen LogP contribution in [0.5, 0.6) is 0 Å². The highest BCUT2D eigenvalue weighted by Gasteiger charge is 2.20. The van der Waals surface area contributed by atoms with E-state index in [0.29, 0.717) is 0 Å². The van der Waals surface area contributed by atoms with Gasteiger partial charge in [-0.2, -0.15) is 0 Å². The molecule has 1 unspecified atom stereocenters. The van der Waals surface area contributed by atoms with Gasteiger partial charge in [0.1, 0.15) is 6.04 Å². The number of carbonyl (C=O) groups excluding carboxylic acids is 2. The molecule has 0 aromatic carbocycles. The second kappa shape index (κ2) is 6.69. The van der Waals surface area contributed by atoms with Gasteiger partial charge in [-0.15, -0.1) is 11.3 Å². The molecule has 2 amide bonds. The highest BCUT2D eigenvalue weighted by atomic mass is 32.1. The van der Waals surface area contributed by atoms with Crippen molar-refractivity contribution in [2.45, 2.75) is 19.4 Å². The number of aryl methyl sites for hydroxylation is 1. The number of carboxylic acid groups (broad SMARTS) is 1. The summed E-state index contributed by atoms with van der Waals surface area (Å²) in [4.78, 5) is 35.0. The van der Waals surface area contributed by atoms with Crippen LogP contribution in [0.25, 0.3) is 6.08 Å². The van der Waals surface area contributed by atoms with Crippen LogP contribution in [-0.2, 0) is 14.4 Å². The van der Waals surface area contributed by atoms with Crippen molar-refractivity contribution >= 4 is 35.2 Å². The Labute approximate surface area is 113 Å². The molecule has 102 valence electrons. The Morgan fingerprint density at radius 2 is 2.16 bits per heavy atom. The van der Waals surface area contributed by atoms with Gasteiger partial charge >= 0.3 is 5.97 Å². The molecule has 1 rings (SSSR count). The summed E-state index contributed by atoms with van der Waals surface area (Å²) in [6.45, 7) is 1.94. The highest BCUT2D eigenvalue weighted by molar-refractivity contribution is 7.12. The zero-order chi connectivity index (χ0) is 14.4. The zero-order valence-electron chi connectivity index (χ0n) is 10.3. The molecule has 7 heteroatoms. The maximum Gasteiger partial charge on any atom is 0.326 e. The SMILES string of the molecule is Cc1ccc(/C=C/C(=O)NC(CC(N)=O)C(=O)O)s1. The number of primary amides is 1. The van der Waals surface area contributed by atoms with E-state index in [0.717, 1.165) is 9.75 Å². The standard InChI is InChI=1S/C12H14N2O4S/c1-7-2-3-8(19-7)4-5-11(16)14-9(12(17)18)6-10(13)15/h2-5,9H,6H2,1H3,(H2,13,15)(H,14,16)(H,17,18)/b5-4+. The van der Waals surface area contributed by atoms with Crippen molar-refractivity contribution in [3.05, 3.63) is 28.0 Å². The fourth-order valence-electron chi connectivity index (χ4n) is 1.32. The number of amides is 2. The zero-order valence-corrected chi connectivity index (χ0v) is 11.1. The lowest BCUT2D eigenvalue weighted by Crippen LogP contribution is -2.42. The number of rotatable bonds is 6. The van der Waals surface area contributed by atoms with Crippen molar-refractivity contribution in [3.63, 3.8) is 0 Å². The minimum Gasteiger partial charge on any atom is -0.480 e. The highest BCUT2D eigenvalue weighted by Crippen LogP contribution is 2.16. The van der Waals surface area contributed by atoms with E-state index in [2.05, 4.69) is 5.32 Å². The van der Waals surface area contributed by atoms with Crippen molar-refractivity contribution in [1.29, 1.82) is 0 Å². The van der Waals surface area contributed by atoms with Gasteiger partial charge in [-0.3, -0.25) is 9.59 Å². The first-order valence-electron chi connectivity index (χ1n) is 5.44. The molecule has 0 bridgehead atoms. The Balaban J connectivity index is 2.60. The summed E-state index contributed by atoms with van der Waals surface area (Å²) < 4.78 is 0. The molecule has 4 N–H and O–H groups in total. The fraction of sp³-hybridized carbons (Fsp3) is 0.250. The average molecular weight is 282 g/mol. The summed E-state index contributed by atoms with van der Waals surface area (Å²) in [5.41, 5.74) is 4.90. The topological polar surface area (TPSA) is 109 Å². The van der Waals surface area contributed by atoms with Crippen molar-refractivity contribution in [2.24, 2.45) is 5.73 Å². The Hall–Kier alpha value is -2.15. The molecule has 6 nitrogen and oxygen atoms in total. The number of aliphatic carboxylic acids is 1. The van der Waals surface area contributed by atoms with E-state index in [4.69, 9.17) is 10.8 Å². The van der Waals surface area contributed by atoms with Crippen LogP contribution in [0, 0.1) is 6.92 Å². The van der Waals surface area contributed by atoms with Crippen molar-refractivity contribution in [1.82, 2.24) is 5.32 Å². The second-order valence-corrected chi connectivity index (χ2v) is 5.17. The van der Waals surface area contributed by atoms with Gasteiger partial charge in [0.25, 0.3) is 0 Å². The maximum absolute atomic E-state index is 11.5. The van der Waals surface area contributed by atoms with E-state index in [-0.39, 0.29) is 0 Å². The van der Waals surface area contributed by atoms with Crippen LogP contribution in [0.1, 0.15) is 16.2 Å². The lowest BCUT2D eigenvalue weighted by Gasteiger charge is -2.10. The quantitative estimate of drug-likeness (QED) is 0.660. The number of nitrogens with two attached hydrogens (primary N) is 1. The molecule has 0 saturated carbocycles. The number of carboxylic acids is 1. The van der Waals surface area contributed by atoms with Crippen LogP contribution in [0.4, 0.5) is 0 Å².